The molecule has 3 nitrogen and oxygen atoms in total. The molecule has 0 saturated heterocycles. The van der Waals surface area contributed by atoms with E-state index in [9.17, 15) is 0 Å². The maximum absolute atomic E-state index is 4.91. The first kappa shape index (κ1) is 16.5. The van der Waals surface area contributed by atoms with E-state index in [1.165, 1.54) is 49.1 Å². The van der Waals surface area contributed by atoms with Gasteiger partial charge in [0.25, 0.3) is 0 Å². The number of aromatic nitrogens is 2. The van der Waals surface area contributed by atoms with Crippen molar-refractivity contribution in [2.24, 2.45) is 5.92 Å². The van der Waals surface area contributed by atoms with E-state index in [1.807, 2.05) is 0 Å². The molecule has 0 amide bonds. The topological polar surface area (TPSA) is 29.9 Å². The van der Waals surface area contributed by atoms with Crippen molar-refractivity contribution in [1.29, 1.82) is 0 Å². The van der Waals surface area contributed by atoms with Crippen LogP contribution in [0.4, 0.5) is 0 Å². The van der Waals surface area contributed by atoms with Crippen molar-refractivity contribution in [1.82, 2.24) is 15.1 Å². The van der Waals surface area contributed by atoms with Gasteiger partial charge >= 0.3 is 0 Å². The molecule has 0 aliphatic heterocycles. The summed E-state index contributed by atoms with van der Waals surface area (Å²) >= 11 is 0. The zero-order chi connectivity index (χ0) is 15.4. The van der Waals surface area contributed by atoms with Gasteiger partial charge in [0, 0.05) is 17.3 Å². The lowest BCUT2D eigenvalue weighted by atomic mass is 9.84. The molecule has 1 atom stereocenters. The molecule has 120 valence electrons. The van der Waals surface area contributed by atoms with E-state index in [-0.39, 0.29) is 0 Å². The summed E-state index contributed by atoms with van der Waals surface area (Å²) in [5, 5.41) is 8.52. The molecule has 2 rings (SSSR count). The normalized spacial score (nSPS) is 24.2. The average Bonchev–Trinajstić information content (AvgIpc) is 2.80. The quantitative estimate of drug-likeness (QED) is 0.823. The Balaban J connectivity index is 2.19. The van der Waals surface area contributed by atoms with Gasteiger partial charge in [0.1, 0.15) is 0 Å². The Bertz CT molecular complexity index is 442. The second-order valence-corrected chi connectivity index (χ2v) is 6.63. The molecule has 1 fully saturated rings. The lowest BCUT2D eigenvalue weighted by molar-refractivity contribution is 0.253. The first-order valence-corrected chi connectivity index (χ1v) is 8.91. The Hall–Kier alpha value is -0.830. The fourth-order valence-corrected chi connectivity index (χ4v) is 4.03. The van der Waals surface area contributed by atoms with Gasteiger partial charge in [0.05, 0.1) is 11.7 Å². The van der Waals surface area contributed by atoms with E-state index in [4.69, 9.17) is 5.10 Å². The molecule has 0 bridgehead atoms. The standard InChI is InChI=1S/C18H33N3/c1-6-15-9-11-16(12-10-15)21-14(5)18(13(4)20-21)17(7-2)19-8-3/h15-17,19H,6-12H2,1-5H3. The molecule has 0 radical (unpaired) electrons. The van der Waals surface area contributed by atoms with Crippen LogP contribution in [0.2, 0.25) is 0 Å². The first-order chi connectivity index (χ1) is 10.1. The number of nitrogens with zero attached hydrogens (tertiary/aromatic N) is 2. The van der Waals surface area contributed by atoms with Crippen molar-refractivity contribution < 1.29 is 0 Å². The third-order valence-corrected chi connectivity index (χ3v) is 5.33. The van der Waals surface area contributed by atoms with Crippen molar-refractivity contribution in [3.8, 4) is 0 Å². The van der Waals surface area contributed by atoms with Gasteiger partial charge in [-0.3, -0.25) is 4.68 Å². The van der Waals surface area contributed by atoms with Crippen LogP contribution in [-0.4, -0.2) is 16.3 Å². The summed E-state index contributed by atoms with van der Waals surface area (Å²) < 4.78 is 2.34. The summed E-state index contributed by atoms with van der Waals surface area (Å²) in [4.78, 5) is 0. The minimum absolute atomic E-state index is 0.454. The Labute approximate surface area is 130 Å². The van der Waals surface area contributed by atoms with Gasteiger partial charge in [-0.15, -0.1) is 0 Å². The van der Waals surface area contributed by atoms with Crippen LogP contribution in [0.5, 0.6) is 0 Å². The molecule has 1 aliphatic rings. The fourth-order valence-electron chi connectivity index (χ4n) is 4.03. The highest BCUT2D eigenvalue weighted by Crippen LogP contribution is 2.36. The molecule has 3 heteroatoms. The van der Waals surface area contributed by atoms with Crippen molar-refractivity contribution in [3.05, 3.63) is 17.0 Å². The highest BCUT2D eigenvalue weighted by atomic mass is 15.3. The minimum Gasteiger partial charge on any atom is -0.310 e. The molecule has 21 heavy (non-hydrogen) atoms. The predicted octanol–water partition coefficient (Wildman–Crippen LogP) is 4.70. The molecule has 1 aromatic heterocycles. The Kier molecular flexibility index (Phi) is 5.86. The van der Waals surface area contributed by atoms with Gasteiger partial charge in [0.2, 0.25) is 0 Å². The van der Waals surface area contributed by atoms with Gasteiger partial charge in [0.15, 0.2) is 0 Å². The molecule has 1 aromatic rings. The maximum atomic E-state index is 4.91. The van der Waals surface area contributed by atoms with Gasteiger partial charge in [-0.05, 0) is 58.4 Å². The summed E-state index contributed by atoms with van der Waals surface area (Å²) in [6, 6.07) is 1.08. The molecular weight excluding hydrogens is 258 g/mol. The smallest absolute Gasteiger partial charge is 0.0644 e. The molecule has 1 saturated carbocycles. The van der Waals surface area contributed by atoms with Crippen LogP contribution in [0, 0.1) is 19.8 Å². The number of nitrogens with one attached hydrogen (secondary N) is 1. The summed E-state index contributed by atoms with van der Waals surface area (Å²) in [5.74, 6) is 0.947. The van der Waals surface area contributed by atoms with Crippen LogP contribution in [0.15, 0.2) is 0 Å². The van der Waals surface area contributed by atoms with E-state index in [1.54, 1.807) is 0 Å². The maximum Gasteiger partial charge on any atom is 0.0644 e. The van der Waals surface area contributed by atoms with Crippen molar-refractivity contribution >= 4 is 0 Å². The van der Waals surface area contributed by atoms with Crippen molar-refractivity contribution in [2.45, 2.75) is 85.2 Å². The SMILES string of the molecule is CCNC(CC)c1c(C)nn(C2CCC(CC)CC2)c1C. The van der Waals surface area contributed by atoms with Crippen LogP contribution < -0.4 is 5.32 Å². The molecule has 1 aliphatic carbocycles. The monoisotopic (exact) mass is 291 g/mol. The van der Waals surface area contributed by atoms with Crippen LogP contribution in [0.1, 0.15) is 88.3 Å². The van der Waals surface area contributed by atoms with E-state index in [2.05, 4.69) is 44.6 Å². The van der Waals surface area contributed by atoms with Crippen molar-refractivity contribution in [3.63, 3.8) is 0 Å². The highest BCUT2D eigenvalue weighted by molar-refractivity contribution is 5.28. The van der Waals surface area contributed by atoms with Crippen molar-refractivity contribution in [2.75, 3.05) is 6.54 Å². The van der Waals surface area contributed by atoms with Crippen LogP contribution in [-0.2, 0) is 0 Å². The molecule has 0 spiro atoms. The fraction of sp³-hybridized carbons (Fsp3) is 0.833. The van der Waals surface area contributed by atoms with E-state index in [0.717, 1.165) is 18.9 Å². The zero-order valence-electron chi connectivity index (χ0n) is 14.6. The number of hydrogen-bond donors (Lipinski definition) is 1. The largest absolute Gasteiger partial charge is 0.310 e. The Morgan fingerprint density at radius 1 is 1.14 bits per heavy atom. The zero-order valence-corrected chi connectivity index (χ0v) is 14.6. The summed E-state index contributed by atoms with van der Waals surface area (Å²) in [6.07, 6.45) is 7.82. The Morgan fingerprint density at radius 2 is 1.81 bits per heavy atom. The van der Waals surface area contributed by atoms with E-state index >= 15 is 0 Å². The minimum atomic E-state index is 0.454. The third-order valence-electron chi connectivity index (χ3n) is 5.33. The predicted molar refractivity (Wildman–Crippen MR) is 89.7 cm³/mol. The molecule has 0 aromatic carbocycles. The number of hydrogen-bond acceptors (Lipinski definition) is 2. The van der Waals surface area contributed by atoms with Crippen LogP contribution >= 0.6 is 0 Å². The second kappa shape index (κ2) is 7.44. The van der Waals surface area contributed by atoms with Crippen LogP contribution in [0.3, 0.4) is 0 Å². The summed E-state index contributed by atoms with van der Waals surface area (Å²) in [7, 11) is 0. The summed E-state index contributed by atoms with van der Waals surface area (Å²) in [5.41, 5.74) is 4.05. The molecule has 1 heterocycles. The molecule has 1 N–H and O–H groups in total. The third kappa shape index (κ3) is 3.50. The highest BCUT2D eigenvalue weighted by Gasteiger charge is 2.26. The van der Waals surface area contributed by atoms with Gasteiger partial charge in [-0.2, -0.15) is 5.10 Å². The lowest BCUT2D eigenvalue weighted by Gasteiger charge is -2.29. The molecular formula is C18H33N3. The van der Waals surface area contributed by atoms with Gasteiger partial charge < -0.3 is 5.32 Å². The average molecular weight is 291 g/mol. The molecule has 1 unspecified atom stereocenters. The van der Waals surface area contributed by atoms with E-state index < -0.39 is 0 Å². The first-order valence-electron chi connectivity index (χ1n) is 8.91. The van der Waals surface area contributed by atoms with E-state index in [0.29, 0.717) is 12.1 Å². The number of rotatable bonds is 6. The Morgan fingerprint density at radius 3 is 2.33 bits per heavy atom. The second-order valence-electron chi connectivity index (χ2n) is 6.63. The lowest BCUT2D eigenvalue weighted by Crippen LogP contribution is -2.22. The van der Waals surface area contributed by atoms with Gasteiger partial charge in [-0.1, -0.05) is 27.2 Å². The van der Waals surface area contributed by atoms with Gasteiger partial charge in [-0.25, -0.2) is 0 Å². The summed E-state index contributed by atoms with van der Waals surface area (Å²) in [6.45, 7) is 12.2. The van der Waals surface area contributed by atoms with Crippen LogP contribution in [0.25, 0.3) is 0 Å². The number of aryl methyl sites for hydroxylation is 1.